The van der Waals surface area contributed by atoms with Crippen molar-refractivity contribution in [2.75, 3.05) is 4.72 Å². The highest BCUT2D eigenvalue weighted by molar-refractivity contribution is 9.10. The molecule has 5 nitrogen and oxygen atoms in total. The Morgan fingerprint density at radius 1 is 1.25 bits per heavy atom. The number of hydrogen-bond acceptors (Lipinski definition) is 3. The van der Waals surface area contributed by atoms with Gasteiger partial charge < -0.3 is 4.98 Å². The van der Waals surface area contributed by atoms with Crippen molar-refractivity contribution in [3.63, 3.8) is 0 Å². The smallest absolute Gasteiger partial charge is 0.280 e. The van der Waals surface area contributed by atoms with Gasteiger partial charge in [-0.15, -0.1) is 0 Å². The van der Waals surface area contributed by atoms with E-state index in [4.69, 9.17) is 0 Å². The highest BCUT2D eigenvalue weighted by atomic mass is 79.9. The monoisotopic (exact) mass is 301 g/mol. The van der Waals surface area contributed by atoms with Crippen LogP contribution in [0.25, 0.3) is 0 Å². The second-order valence-corrected chi connectivity index (χ2v) is 5.36. The van der Waals surface area contributed by atoms with Gasteiger partial charge in [-0.25, -0.2) is 4.98 Å². The van der Waals surface area contributed by atoms with Gasteiger partial charge in [0.15, 0.2) is 5.03 Å². The molecule has 0 radical (unpaired) electrons. The maximum atomic E-state index is 11.9. The molecule has 0 bridgehead atoms. The summed E-state index contributed by atoms with van der Waals surface area (Å²) in [7, 11) is -3.62. The Labute approximate surface area is 101 Å². The molecule has 0 saturated heterocycles. The fourth-order valence-electron chi connectivity index (χ4n) is 1.17. The van der Waals surface area contributed by atoms with Gasteiger partial charge in [0.25, 0.3) is 10.0 Å². The van der Waals surface area contributed by atoms with Crippen LogP contribution in [0.2, 0.25) is 0 Å². The van der Waals surface area contributed by atoms with Crippen LogP contribution in [-0.2, 0) is 10.0 Å². The number of hydrogen-bond donors (Lipinski definition) is 2. The summed E-state index contributed by atoms with van der Waals surface area (Å²) >= 11 is 3.05. The van der Waals surface area contributed by atoms with Crippen molar-refractivity contribution >= 4 is 31.6 Å². The lowest BCUT2D eigenvalue weighted by Crippen LogP contribution is -2.13. The first-order chi connectivity index (χ1) is 7.59. The number of para-hydroxylation sites is 1. The van der Waals surface area contributed by atoms with Gasteiger partial charge in [0.1, 0.15) is 4.60 Å². The van der Waals surface area contributed by atoms with Crippen molar-refractivity contribution in [1.29, 1.82) is 0 Å². The van der Waals surface area contributed by atoms with E-state index < -0.39 is 10.0 Å². The van der Waals surface area contributed by atoms with Crippen LogP contribution in [0.1, 0.15) is 0 Å². The van der Waals surface area contributed by atoms with E-state index in [0.717, 1.165) is 0 Å². The summed E-state index contributed by atoms with van der Waals surface area (Å²) in [5.74, 6) is 0. The normalized spacial score (nSPS) is 11.3. The van der Waals surface area contributed by atoms with Crippen LogP contribution in [0.5, 0.6) is 0 Å². The number of rotatable bonds is 3. The molecule has 1 heterocycles. The van der Waals surface area contributed by atoms with Crippen molar-refractivity contribution in [3.8, 4) is 0 Å². The quantitative estimate of drug-likeness (QED) is 0.910. The number of sulfonamides is 1. The Hall–Kier alpha value is -1.34. The van der Waals surface area contributed by atoms with Gasteiger partial charge in [-0.05, 0) is 28.1 Å². The molecular formula is C9H8BrN3O2S. The number of halogens is 1. The van der Waals surface area contributed by atoms with Crippen molar-refractivity contribution in [1.82, 2.24) is 9.97 Å². The van der Waals surface area contributed by atoms with Crippen LogP contribution in [0.3, 0.4) is 0 Å². The zero-order valence-electron chi connectivity index (χ0n) is 8.01. The molecule has 2 N–H and O–H groups in total. The molecule has 2 rings (SSSR count). The molecule has 0 unspecified atom stereocenters. The molecule has 0 amide bonds. The summed E-state index contributed by atoms with van der Waals surface area (Å²) in [6.45, 7) is 0. The first kappa shape index (κ1) is 11.2. The largest absolute Gasteiger partial charge is 0.333 e. The first-order valence-corrected chi connectivity index (χ1v) is 6.64. The lowest BCUT2D eigenvalue weighted by atomic mass is 10.3. The fraction of sp³-hybridized carbons (Fsp3) is 0. The number of aromatic amines is 1. The molecule has 0 saturated carbocycles. The zero-order chi connectivity index (χ0) is 11.6. The molecular weight excluding hydrogens is 294 g/mol. The molecule has 7 heteroatoms. The van der Waals surface area contributed by atoms with Gasteiger partial charge in [0.2, 0.25) is 0 Å². The Balaban J connectivity index is 2.32. The SMILES string of the molecule is O=S(=O)(Nc1ccccc1)c1[nH]cnc1Br. The van der Waals surface area contributed by atoms with E-state index in [9.17, 15) is 8.42 Å². The van der Waals surface area contributed by atoms with Gasteiger partial charge in [0.05, 0.1) is 6.33 Å². The molecule has 16 heavy (non-hydrogen) atoms. The molecule has 0 aliphatic carbocycles. The molecule has 0 aliphatic heterocycles. The van der Waals surface area contributed by atoms with Gasteiger partial charge in [-0.3, -0.25) is 4.72 Å². The third-order valence-corrected chi connectivity index (χ3v) is 4.07. The minimum Gasteiger partial charge on any atom is -0.333 e. The van der Waals surface area contributed by atoms with E-state index in [2.05, 4.69) is 30.6 Å². The number of imidazole rings is 1. The predicted octanol–water partition coefficient (Wildman–Crippen LogP) is 1.97. The van der Waals surface area contributed by atoms with Crippen LogP contribution in [0.15, 0.2) is 46.3 Å². The Bertz CT molecular complexity index is 580. The molecule has 0 fully saturated rings. The van der Waals surface area contributed by atoms with E-state index in [1.165, 1.54) is 6.33 Å². The van der Waals surface area contributed by atoms with E-state index in [0.29, 0.717) is 5.69 Å². The van der Waals surface area contributed by atoms with Crippen LogP contribution < -0.4 is 4.72 Å². The summed E-state index contributed by atoms with van der Waals surface area (Å²) in [6, 6.07) is 8.65. The first-order valence-electron chi connectivity index (χ1n) is 4.36. The standard InChI is InChI=1S/C9H8BrN3O2S/c10-8-9(12-6-11-8)16(14,15)13-7-4-2-1-3-5-7/h1-6,13H,(H,11,12). The lowest BCUT2D eigenvalue weighted by molar-refractivity contribution is 0.597. The van der Waals surface area contributed by atoms with Crippen LogP contribution >= 0.6 is 15.9 Å². The number of anilines is 1. The van der Waals surface area contributed by atoms with Crippen LogP contribution in [-0.4, -0.2) is 18.4 Å². The maximum absolute atomic E-state index is 11.9. The van der Waals surface area contributed by atoms with Gasteiger partial charge in [0, 0.05) is 5.69 Å². The molecule has 0 spiro atoms. The Morgan fingerprint density at radius 2 is 1.94 bits per heavy atom. The highest BCUT2D eigenvalue weighted by Crippen LogP contribution is 2.19. The highest BCUT2D eigenvalue weighted by Gasteiger charge is 2.19. The van der Waals surface area contributed by atoms with Crippen molar-refractivity contribution in [2.45, 2.75) is 5.03 Å². The molecule has 84 valence electrons. The van der Waals surface area contributed by atoms with Gasteiger partial charge in [-0.1, -0.05) is 18.2 Å². The Kier molecular flexibility index (Phi) is 2.97. The number of nitrogens with zero attached hydrogens (tertiary/aromatic N) is 1. The average molecular weight is 302 g/mol. The molecule has 0 atom stereocenters. The van der Waals surface area contributed by atoms with Crippen molar-refractivity contribution in [2.24, 2.45) is 0 Å². The average Bonchev–Trinajstić information content (AvgIpc) is 2.66. The second kappa shape index (κ2) is 4.26. The molecule has 1 aromatic carbocycles. The number of benzene rings is 1. The van der Waals surface area contributed by atoms with Crippen molar-refractivity contribution in [3.05, 3.63) is 41.3 Å². The lowest BCUT2D eigenvalue weighted by Gasteiger charge is -2.05. The minimum absolute atomic E-state index is 0.0105. The second-order valence-electron chi connectivity index (χ2n) is 2.99. The fourth-order valence-corrected chi connectivity index (χ4v) is 3.05. The van der Waals surface area contributed by atoms with E-state index in [-0.39, 0.29) is 9.63 Å². The van der Waals surface area contributed by atoms with Gasteiger partial charge >= 0.3 is 0 Å². The Morgan fingerprint density at radius 3 is 2.50 bits per heavy atom. The van der Waals surface area contributed by atoms with E-state index >= 15 is 0 Å². The minimum atomic E-state index is -3.62. The van der Waals surface area contributed by atoms with Crippen LogP contribution in [0.4, 0.5) is 5.69 Å². The van der Waals surface area contributed by atoms with Gasteiger partial charge in [-0.2, -0.15) is 8.42 Å². The van der Waals surface area contributed by atoms with E-state index in [1.807, 2.05) is 6.07 Å². The summed E-state index contributed by atoms with van der Waals surface area (Å²) in [6.07, 6.45) is 1.31. The predicted molar refractivity (Wildman–Crippen MR) is 63.5 cm³/mol. The van der Waals surface area contributed by atoms with Crippen LogP contribution in [0, 0.1) is 0 Å². The maximum Gasteiger partial charge on any atom is 0.280 e. The summed E-state index contributed by atoms with van der Waals surface area (Å²) in [5, 5.41) is 0.0105. The molecule has 0 aliphatic rings. The van der Waals surface area contributed by atoms with Crippen molar-refractivity contribution < 1.29 is 8.42 Å². The summed E-state index contributed by atoms with van der Waals surface area (Å²) < 4.78 is 26.4. The number of nitrogens with one attached hydrogen (secondary N) is 2. The molecule has 1 aromatic heterocycles. The summed E-state index contributed by atoms with van der Waals surface area (Å²) in [4.78, 5) is 6.32. The third kappa shape index (κ3) is 2.25. The van der Waals surface area contributed by atoms with E-state index in [1.54, 1.807) is 24.3 Å². The zero-order valence-corrected chi connectivity index (χ0v) is 10.4. The molecule has 2 aromatic rings. The number of H-pyrrole nitrogens is 1. The topological polar surface area (TPSA) is 74.8 Å². The summed E-state index contributed by atoms with van der Waals surface area (Å²) in [5.41, 5.74) is 0.504. The third-order valence-electron chi connectivity index (χ3n) is 1.86. The number of aromatic nitrogens is 2.